The predicted molar refractivity (Wildman–Crippen MR) is 77.2 cm³/mol. The first-order chi connectivity index (χ1) is 8.52. The Morgan fingerprint density at radius 3 is 2.67 bits per heavy atom. The molecule has 0 spiro atoms. The van der Waals surface area contributed by atoms with Crippen LogP contribution in [0.15, 0.2) is 18.2 Å². The van der Waals surface area contributed by atoms with Gasteiger partial charge in [0.25, 0.3) is 0 Å². The smallest absolute Gasteiger partial charge is 0.122 e. The first kappa shape index (κ1) is 15.0. The number of aryl methyl sites for hydroxylation is 1. The van der Waals surface area contributed by atoms with Gasteiger partial charge in [-0.05, 0) is 45.5 Å². The fourth-order valence-electron chi connectivity index (χ4n) is 1.77. The van der Waals surface area contributed by atoms with Crippen LogP contribution in [0, 0.1) is 6.92 Å². The van der Waals surface area contributed by atoms with E-state index in [-0.39, 0.29) is 6.04 Å². The molecule has 1 rings (SSSR count). The van der Waals surface area contributed by atoms with Crippen molar-refractivity contribution in [2.45, 2.75) is 32.7 Å². The Labute approximate surface area is 111 Å². The summed E-state index contributed by atoms with van der Waals surface area (Å²) >= 11 is 0. The molecule has 1 unspecified atom stereocenters. The van der Waals surface area contributed by atoms with Crippen LogP contribution in [0.4, 0.5) is 0 Å². The van der Waals surface area contributed by atoms with E-state index < -0.39 is 0 Å². The number of hydrogen-bond donors (Lipinski definition) is 1. The summed E-state index contributed by atoms with van der Waals surface area (Å²) < 4.78 is 5.85. The van der Waals surface area contributed by atoms with Gasteiger partial charge in [-0.15, -0.1) is 0 Å². The maximum absolute atomic E-state index is 6.04. The number of rotatable bonds is 7. The molecule has 0 saturated carbocycles. The fraction of sp³-hybridized carbons (Fsp3) is 0.600. The normalized spacial score (nSPS) is 12.8. The average molecular weight is 250 g/mol. The molecule has 0 fully saturated rings. The first-order valence-electron chi connectivity index (χ1n) is 6.65. The molecule has 1 aromatic rings. The van der Waals surface area contributed by atoms with Crippen molar-refractivity contribution in [1.29, 1.82) is 0 Å². The Kier molecular flexibility index (Phi) is 6.16. The maximum Gasteiger partial charge on any atom is 0.122 e. The lowest BCUT2D eigenvalue weighted by Gasteiger charge is -2.16. The van der Waals surface area contributed by atoms with Crippen LogP contribution in [-0.2, 0) is 6.42 Å². The second-order valence-corrected chi connectivity index (χ2v) is 5.14. The van der Waals surface area contributed by atoms with Gasteiger partial charge in [-0.1, -0.05) is 24.6 Å². The summed E-state index contributed by atoms with van der Waals surface area (Å²) in [5, 5.41) is 0. The number of likely N-dealkylation sites (N-methyl/N-ethyl adjacent to an activating group) is 1. The van der Waals surface area contributed by atoms with Gasteiger partial charge in [0.05, 0.1) is 0 Å². The number of ether oxygens (including phenoxy) is 1. The minimum atomic E-state index is 0.211. The largest absolute Gasteiger partial charge is 0.492 e. The van der Waals surface area contributed by atoms with Crippen LogP contribution < -0.4 is 10.5 Å². The first-order valence-corrected chi connectivity index (χ1v) is 6.65. The average Bonchev–Trinajstić information content (AvgIpc) is 2.31. The van der Waals surface area contributed by atoms with E-state index in [0.29, 0.717) is 6.61 Å². The highest BCUT2D eigenvalue weighted by atomic mass is 16.5. The molecule has 102 valence electrons. The van der Waals surface area contributed by atoms with E-state index in [2.05, 4.69) is 36.9 Å². The Morgan fingerprint density at radius 1 is 1.33 bits per heavy atom. The van der Waals surface area contributed by atoms with Gasteiger partial charge in [0, 0.05) is 12.6 Å². The van der Waals surface area contributed by atoms with E-state index in [9.17, 15) is 0 Å². The number of nitrogens with two attached hydrogens (primary N) is 1. The zero-order valence-corrected chi connectivity index (χ0v) is 12.1. The van der Waals surface area contributed by atoms with Crippen molar-refractivity contribution in [2.75, 3.05) is 27.2 Å². The van der Waals surface area contributed by atoms with E-state index in [1.54, 1.807) is 0 Å². The minimum Gasteiger partial charge on any atom is -0.492 e. The predicted octanol–water partition coefficient (Wildman–Crippen LogP) is 2.22. The number of hydrogen-bond acceptors (Lipinski definition) is 3. The van der Waals surface area contributed by atoms with Crippen molar-refractivity contribution >= 4 is 0 Å². The Hall–Kier alpha value is -1.06. The summed E-state index contributed by atoms with van der Waals surface area (Å²) in [6.07, 6.45) is 1.88. The molecular formula is C15H26N2O. The molecule has 0 aromatic heterocycles. The summed E-state index contributed by atoms with van der Waals surface area (Å²) in [5.41, 5.74) is 8.52. The summed E-state index contributed by atoms with van der Waals surface area (Å²) in [7, 11) is 4.10. The SMILES string of the molecule is CCC(N)Cc1cc(C)ccc1OCCN(C)C. The van der Waals surface area contributed by atoms with Crippen LogP contribution in [0.2, 0.25) is 0 Å². The van der Waals surface area contributed by atoms with E-state index in [1.165, 1.54) is 11.1 Å². The lowest BCUT2D eigenvalue weighted by molar-refractivity contribution is 0.259. The second-order valence-electron chi connectivity index (χ2n) is 5.14. The van der Waals surface area contributed by atoms with Crippen molar-refractivity contribution < 1.29 is 4.74 Å². The van der Waals surface area contributed by atoms with Crippen LogP contribution >= 0.6 is 0 Å². The van der Waals surface area contributed by atoms with Crippen molar-refractivity contribution in [3.63, 3.8) is 0 Å². The van der Waals surface area contributed by atoms with Gasteiger partial charge in [0.1, 0.15) is 12.4 Å². The van der Waals surface area contributed by atoms with Crippen LogP contribution in [-0.4, -0.2) is 38.2 Å². The van der Waals surface area contributed by atoms with Gasteiger partial charge in [-0.25, -0.2) is 0 Å². The lowest BCUT2D eigenvalue weighted by Crippen LogP contribution is -2.23. The molecule has 0 aliphatic carbocycles. The molecule has 3 nitrogen and oxygen atoms in total. The molecule has 1 aromatic carbocycles. The number of nitrogens with zero attached hydrogens (tertiary/aromatic N) is 1. The number of benzene rings is 1. The van der Waals surface area contributed by atoms with Crippen molar-refractivity contribution in [1.82, 2.24) is 4.90 Å². The molecular weight excluding hydrogens is 224 g/mol. The van der Waals surface area contributed by atoms with Crippen LogP contribution in [0.5, 0.6) is 5.75 Å². The monoisotopic (exact) mass is 250 g/mol. The van der Waals surface area contributed by atoms with Crippen LogP contribution in [0.1, 0.15) is 24.5 Å². The molecule has 0 radical (unpaired) electrons. The fourth-order valence-corrected chi connectivity index (χ4v) is 1.77. The lowest BCUT2D eigenvalue weighted by atomic mass is 10.0. The Bertz CT molecular complexity index is 364. The molecule has 0 amide bonds. The molecule has 1 atom stereocenters. The molecule has 18 heavy (non-hydrogen) atoms. The third-order valence-electron chi connectivity index (χ3n) is 3.02. The van der Waals surface area contributed by atoms with Gasteiger partial charge < -0.3 is 15.4 Å². The van der Waals surface area contributed by atoms with Crippen molar-refractivity contribution in [2.24, 2.45) is 5.73 Å². The van der Waals surface area contributed by atoms with E-state index in [0.717, 1.165) is 25.1 Å². The van der Waals surface area contributed by atoms with Gasteiger partial charge >= 0.3 is 0 Å². The zero-order valence-electron chi connectivity index (χ0n) is 12.1. The van der Waals surface area contributed by atoms with Crippen molar-refractivity contribution in [3.8, 4) is 5.75 Å². The van der Waals surface area contributed by atoms with Gasteiger partial charge in [-0.2, -0.15) is 0 Å². The molecule has 0 bridgehead atoms. The zero-order chi connectivity index (χ0) is 13.5. The third-order valence-corrected chi connectivity index (χ3v) is 3.02. The van der Waals surface area contributed by atoms with E-state index >= 15 is 0 Å². The van der Waals surface area contributed by atoms with Gasteiger partial charge in [-0.3, -0.25) is 0 Å². The van der Waals surface area contributed by atoms with Crippen LogP contribution in [0.25, 0.3) is 0 Å². The second kappa shape index (κ2) is 7.39. The molecule has 0 heterocycles. The quantitative estimate of drug-likeness (QED) is 0.806. The standard InChI is InChI=1S/C15H26N2O/c1-5-14(16)11-13-10-12(2)6-7-15(13)18-9-8-17(3)4/h6-7,10,14H,5,8-9,11,16H2,1-4H3. The van der Waals surface area contributed by atoms with Gasteiger partial charge in [0.15, 0.2) is 0 Å². The van der Waals surface area contributed by atoms with Crippen LogP contribution in [0.3, 0.4) is 0 Å². The maximum atomic E-state index is 6.04. The third kappa shape index (κ3) is 5.07. The molecule has 0 aliphatic rings. The Morgan fingerprint density at radius 2 is 2.06 bits per heavy atom. The van der Waals surface area contributed by atoms with E-state index in [4.69, 9.17) is 10.5 Å². The summed E-state index contributed by atoms with van der Waals surface area (Å²) in [6, 6.07) is 6.54. The molecule has 3 heteroatoms. The molecule has 2 N–H and O–H groups in total. The Balaban J connectivity index is 2.70. The molecule has 0 aliphatic heterocycles. The topological polar surface area (TPSA) is 38.5 Å². The van der Waals surface area contributed by atoms with E-state index in [1.807, 2.05) is 14.1 Å². The summed E-state index contributed by atoms with van der Waals surface area (Å²) in [5.74, 6) is 0.978. The highest BCUT2D eigenvalue weighted by molar-refractivity contribution is 5.37. The van der Waals surface area contributed by atoms with Crippen molar-refractivity contribution in [3.05, 3.63) is 29.3 Å². The summed E-state index contributed by atoms with van der Waals surface area (Å²) in [4.78, 5) is 2.12. The minimum absolute atomic E-state index is 0.211. The molecule has 0 saturated heterocycles. The summed E-state index contributed by atoms with van der Waals surface area (Å²) in [6.45, 7) is 5.86. The highest BCUT2D eigenvalue weighted by Crippen LogP contribution is 2.21. The highest BCUT2D eigenvalue weighted by Gasteiger charge is 2.08. The van der Waals surface area contributed by atoms with Gasteiger partial charge in [0.2, 0.25) is 0 Å².